The van der Waals surface area contributed by atoms with Gasteiger partial charge in [0.05, 0.1) is 30.5 Å². The van der Waals surface area contributed by atoms with Crippen molar-refractivity contribution in [3.63, 3.8) is 0 Å². The zero-order chi connectivity index (χ0) is 19.3. The van der Waals surface area contributed by atoms with Crippen molar-refractivity contribution in [3.05, 3.63) is 51.4 Å². The Morgan fingerprint density at radius 3 is 2.46 bits per heavy atom. The van der Waals surface area contributed by atoms with Gasteiger partial charge < -0.3 is 24.1 Å². The van der Waals surface area contributed by atoms with E-state index in [1.807, 2.05) is 0 Å². The van der Waals surface area contributed by atoms with Gasteiger partial charge in [-0.1, -0.05) is 11.6 Å². The van der Waals surface area contributed by atoms with Crippen LogP contribution in [0.4, 0.5) is 5.69 Å². The zero-order valence-electron chi connectivity index (χ0n) is 14.4. The lowest BCUT2D eigenvalue weighted by Gasteiger charge is -2.13. The fraction of sp³-hybridized carbons (Fsp3) is 0.235. The molecule has 0 aliphatic rings. The fourth-order valence-electron chi connectivity index (χ4n) is 2.03. The first-order valence-corrected chi connectivity index (χ1v) is 7.78. The van der Waals surface area contributed by atoms with Crippen LogP contribution in [-0.2, 0) is 16.6 Å². The molecule has 0 saturated carbocycles. The number of ether oxygens (including phenoxy) is 3. The molecule has 0 fully saturated rings. The maximum Gasteiger partial charge on any atom is 0.338 e. The third-order valence-corrected chi connectivity index (χ3v) is 3.72. The largest absolute Gasteiger partial charge is 0.495 e. The monoisotopic (exact) mass is 380 g/mol. The molecule has 0 atom stereocenters. The minimum Gasteiger partial charge on any atom is -0.495 e. The Labute approximate surface area is 154 Å². The molecule has 0 radical (unpaired) electrons. The first-order valence-electron chi connectivity index (χ1n) is 7.41. The molecule has 1 aromatic heterocycles. The van der Waals surface area contributed by atoms with Crippen molar-refractivity contribution in [3.8, 4) is 11.5 Å². The number of amides is 1. The average Bonchev–Trinajstić information content (AvgIpc) is 2.62. The number of aryl methyl sites for hydroxylation is 1. The normalized spacial score (nSPS) is 10.2. The molecule has 1 aromatic carbocycles. The predicted octanol–water partition coefficient (Wildman–Crippen LogP) is 1.85. The van der Waals surface area contributed by atoms with Crippen LogP contribution >= 0.6 is 11.6 Å². The first-order chi connectivity index (χ1) is 12.3. The summed E-state index contributed by atoms with van der Waals surface area (Å²) in [7, 11) is 4.41. The van der Waals surface area contributed by atoms with Crippen molar-refractivity contribution in [1.29, 1.82) is 0 Å². The van der Waals surface area contributed by atoms with E-state index < -0.39 is 18.5 Å². The summed E-state index contributed by atoms with van der Waals surface area (Å²) >= 11 is 6.00. The lowest BCUT2D eigenvalue weighted by molar-refractivity contribution is -0.119. The van der Waals surface area contributed by atoms with Crippen LogP contribution in [0.1, 0.15) is 10.4 Å². The number of halogens is 1. The number of methoxy groups -OCH3 is 2. The van der Waals surface area contributed by atoms with Crippen LogP contribution in [0, 0.1) is 0 Å². The van der Waals surface area contributed by atoms with Crippen molar-refractivity contribution in [2.24, 2.45) is 7.05 Å². The molecule has 0 unspecified atom stereocenters. The molecule has 0 spiro atoms. The Morgan fingerprint density at radius 1 is 1.15 bits per heavy atom. The zero-order valence-corrected chi connectivity index (χ0v) is 15.1. The molecular weight excluding hydrogens is 364 g/mol. The highest BCUT2D eigenvalue weighted by Gasteiger charge is 2.15. The number of hydrogen-bond acceptors (Lipinski definition) is 6. The summed E-state index contributed by atoms with van der Waals surface area (Å²) in [6.07, 6.45) is 1.43. The fourth-order valence-corrected chi connectivity index (χ4v) is 2.27. The molecule has 2 aromatic rings. The van der Waals surface area contributed by atoms with Crippen LogP contribution in [0.3, 0.4) is 0 Å². The van der Waals surface area contributed by atoms with Gasteiger partial charge in [-0.25, -0.2) is 4.79 Å². The highest BCUT2D eigenvalue weighted by Crippen LogP contribution is 2.35. The second-order valence-electron chi connectivity index (χ2n) is 5.18. The molecule has 26 heavy (non-hydrogen) atoms. The van der Waals surface area contributed by atoms with E-state index in [0.717, 1.165) is 6.07 Å². The smallest absolute Gasteiger partial charge is 0.338 e. The van der Waals surface area contributed by atoms with Gasteiger partial charge in [0.15, 0.2) is 6.61 Å². The molecule has 0 aliphatic carbocycles. The van der Waals surface area contributed by atoms with E-state index in [4.69, 9.17) is 25.8 Å². The van der Waals surface area contributed by atoms with Crippen LogP contribution in [0.5, 0.6) is 11.5 Å². The van der Waals surface area contributed by atoms with Gasteiger partial charge in [0.1, 0.15) is 11.5 Å². The van der Waals surface area contributed by atoms with E-state index >= 15 is 0 Å². The number of aromatic nitrogens is 1. The molecule has 0 aliphatic heterocycles. The van der Waals surface area contributed by atoms with Gasteiger partial charge in [0.2, 0.25) is 0 Å². The predicted molar refractivity (Wildman–Crippen MR) is 95.2 cm³/mol. The van der Waals surface area contributed by atoms with E-state index in [-0.39, 0.29) is 11.1 Å². The maximum atomic E-state index is 12.0. The molecule has 1 heterocycles. The number of pyridine rings is 1. The summed E-state index contributed by atoms with van der Waals surface area (Å²) in [5, 5.41) is 2.86. The Morgan fingerprint density at radius 2 is 1.85 bits per heavy atom. The molecule has 8 nitrogen and oxygen atoms in total. The highest BCUT2D eigenvalue weighted by atomic mass is 35.5. The number of anilines is 1. The summed E-state index contributed by atoms with van der Waals surface area (Å²) in [5.41, 5.74) is 0.0110. The summed E-state index contributed by atoms with van der Waals surface area (Å²) in [5.74, 6) is -0.703. The summed E-state index contributed by atoms with van der Waals surface area (Å²) < 4.78 is 16.5. The molecule has 0 saturated heterocycles. The minimum atomic E-state index is -0.779. The average molecular weight is 381 g/mol. The lowest BCUT2D eigenvalue weighted by atomic mass is 10.2. The van der Waals surface area contributed by atoms with Crippen molar-refractivity contribution < 1.29 is 23.8 Å². The van der Waals surface area contributed by atoms with Crippen LogP contribution < -0.4 is 20.3 Å². The Bertz CT molecular complexity index is 893. The van der Waals surface area contributed by atoms with Crippen molar-refractivity contribution >= 4 is 29.2 Å². The first kappa shape index (κ1) is 19.3. The van der Waals surface area contributed by atoms with Gasteiger partial charge in [-0.15, -0.1) is 0 Å². The Kier molecular flexibility index (Phi) is 6.24. The van der Waals surface area contributed by atoms with Crippen LogP contribution in [0.2, 0.25) is 5.02 Å². The number of carbonyl (C=O) groups excluding carboxylic acids is 2. The minimum absolute atomic E-state index is 0.0617. The number of esters is 1. The van der Waals surface area contributed by atoms with Crippen LogP contribution in [0.25, 0.3) is 0 Å². The molecule has 2 rings (SSSR count). The van der Waals surface area contributed by atoms with Crippen molar-refractivity contribution in [1.82, 2.24) is 4.57 Å². The number of nitrogens with zero attached hydrogens (tertiary/aromatic N) is 1. The van der Waals surface area contributed by atoms with Gasteiger partial charge in [-0.3, -0.25) is 9.59 Å². The van der Waals surface area contributed by atoms with Crippen molar-refractivity contribution in [2.45, 2.75) is 0 Å². The summed E-state index contributed by atoms with van der Waals surface area (Å²) in [6.45, 7) is -0.540. The number of rotatable bonds is 6. The number of hydrogen-bond donors (Lipinski definition) is 1. The van der Waals surface area contributed by atoms with Gasteiger partial charge in [-0.2, -0.15) is 0 Å². The van der Waals surface area contributed by atoms with E-state index in [1.165, 1.54) is 43.2 Å². The quantitative estimate of drug-likeness (QED) is 0.768. The van der Waals surface area contributed by atoms with E-state index in [2.05, 4.69) is 5.32 Å². The summed E-state index contributed by atoms with van der Waals surface area (Å²) in [4.78, 5) is 35.5. The van der Waals surface area contributed by atoms with E-state index in [1.54, 1.807) is 7.05 Å². The molecular formula is C17H17ClN2O6. The molecule has 1 amide bonds. The second-order valence-corrected chi connectivity index (χ2v) is 5.58. The van der Waals surface area contributed by atoms with E-state index in [0.29, 0.717) is 22.2 Å². The Balaban J connectivity index is 2.03. The topological polar surface area (TPSA) is 95.9 Å². The summed E-state index contributed by atoms with van der Waals surface area (Å²) in [6, 6.07) is 5.53. The van der Waals surface area contributed by atoms with Crippen LogP contribution in [-0.4, -0.2) is 37.3 Å². The van der Waals surface area contributed by atoms with E-state index in [9.17, 15) is 14.4 Å². The lowest BCUT2D eigenvalue weighted by Crippen LogP contribution is -2.23. The Hall–Kier alpha value is -3.00. The molecule has 9 heteroatoms. The third kappa shape index (κ3) is 4.54. The SMILES string of the molecule is COc1cc(NC(=O)COC(=O)c2ccn(C)c(=O)c2)c(OC)cc1Cl. The highest BCUT2D eigenvalue weighted by molar-refractivity contribution is 6.32. The van der Waals surface area contributed by atoms with Gasteiger partial charge in [0.25, 0.3) is 11.5 Å². The molecule has 138 valence electrons. The second kappa shape index (κ2) is 8.39. The van der Waals surface area contributed by atoms with Gasteiger partial charge >= 0.3 is 5.97 Å². The number of benzene rings is 1. The third-order valence-electron chi connectivity index (χ3n) is 3.42. The number of carbonyl (C=O) groups is 2. The molecule has 0 bridgehead atoms. The van der Waals surface area contributed by atoms with Gasteiger partial charge in [0, 0.05) is 31.4 Å². The number of nitrogens with one attached hydrogen (secondary N) is 1. The van der Waals surface area contributed by atoms with Gasteiger partial charge in [-0.05, 0) is 6.07 Å². The van der Waals surface area contributed by atoms with Crippen LogP contribution in [0.15, 0.2) is 35.3 Å². The standard InChI is InChI=1S/C17H17ClN2O6/c1-20-5-4-10(6-16(20)22)17(23)26-9-15(21)19-12-8-13(24-2)11(18)7-14(12)25-3/h4-8H,9H2,1-3H3,(H,19,21). The maximum absolute atomic E-state index is 12.0. The molecule has 1 N–H and O–H groups in total. The van der Waals surface area contributed by atoms with Crippen molar-refractivity contribution in [2.75, 3.05) is 26.1 Å².